The van der Waals surface area contributed by atoms with Crippen molar-refractivity contribution < 1.29 is 14.2 Å². The molecule has 2 atom stereocenters. The molecule has 5 rings (SSSR count). The highest BCUT2D eigenvalue weighted by atomic mass is 32.1. The van der Waals surface area contributed by atoms with E-state index < -0.39 is 11.9 Å². The van der Waals surface area contributed by atoms with Crippen LogP contribution in [-0.2, 0) is 4.74 Å². The number of aromatic nitrogens is 4. The third-order valence-corrected chi connectivity index (χ3v) is 7.51. The van der Waals surface area contributed by atoms with Crippen molar-refractivity contribution in [1.29, 1.82) is 0 Å². The molecule has 30 heavy (non-hydrogen) atoms. The number of hydrogen-bond donors (Lipinski definition) is 2. The number of aryl methyl sites for hydroxylation is 2. The number of aliphatic hydroxyl groups is 1. The highest BCUT2D eigenvalue weighted by Crippen LogP contribution is 2.42. The van der Waals surface area contributed by atoms with Gasteiger partial charge in [-0.15, -0.1) is 11.3 Å². The second-order valence-electron chi connectivity index (χ2n) is 8.25. The largest absolute Gasteiger partial charge is 0.389 e. The van der Waals surface area contributed by atoms with Crippen LogP contribution in [0, 0.1) is 19.7 Å². The van der Waals surface area contributed by atoms with E-state index in [9.17, 15) is 9.50 Å². The molecule has 0 bridgehead atoms. The summed E-state index contributed by atoms with van der Waals surface area (Å²) in [6.45, 7) is 4.87. The average Bonchev–Trinajstić information content (AvgIpc) is 3.43. The summed E-state index contributed by atoms with van der Waals surface area (Å²) in [6, 6.07) is 0.264. The zero-order chi connectivity index (χ0) is 20.8. The van der Waals surface area contributed by atoms with Gasteiger partial charge in [0.1, 0.15) is 21.9 Å². The van der Waals surface area contributed by atoms with Crippen LogP contribution in [0.25, 0.3) is 20.9 Å². The van der Waals surface area contributed by atoms with Crippen LogP contribution in [0.2, 0.25) is 0 Å². The topological polar surface area (TPSA) is 85.1 Å². The fourth-order valence-corrected chi connectivity index (χ4v) is 5.98. The van der Waals surface area contributed by atoms with Crippen molar-refractivity contribution in [3.8, 4) is 10.6 Å². The Morgan fingerprint density at radius 2 is 2.03 bits per heavy atom. The summed E-state index contributed by atoms with van der Waals surface area (Å²) in [6.07, 6.45) is 6.03. The van der Waals surface area contributed by atoms with E-state index in [-0.39, 0.29) is 18.3 Å². The molecule has 0 aromatic carbocycles. The molecule has 2 N–H and O–H groups in total. The van der Waals surface area contributed by atoms with E-state index >= 15 is 0 Å². The minimum Gasteiger partial charge on any atom is -0.389 e. The quantitative estimate of drug-likeness (QED) is 0.650. The maximum atomic E-state index is 14.8. The van der Waals surface area contributed by atoms with Gasteiger partial charge in [0, 0.05) is 12.6 Å². The molecule has 2 aliphatic rings. The first-order valence-corrected chi connectivity index (χ1v) is 11.4. The molecule has 1 aliphatic carbocycles. The van der Waals surface area contributed by atoms with Gasteiger partial charge in [-0.25, -0.2) is 19.3 Å². The van der Waals surface area contributed by atoms with E-state index in [2.05, 4.69) is 26.8 Å². The summed E-state index contributed by atoms with van der Waals surface area (Å²) < 4.78 is 22.4. The van der Waals surface area contributed by atoms with Crippen molar-refractivity contribution in [1.82, 2.24) is 19.5 Å². The van der Waals surface area contributed by atoms with Crippen molar-refractivity contribution in [2.45, 2.75) is 64.1 Å². The molecule has 0 radical (unpaired) electrons. The maximum Gasteiger partial charge on any atom is 0.223 e. The fourth-order valence-electron chi connectivity index (χ4n) is 4.62. The van der Waals surface area contributed by atoms with Crippen LogP contribution in [0.15, 0.2) is 6.20 Å². The van der Waals surface area contributed by atoms with E-state index in [1.165, 1.54) is 31.9 Å². The smallest absolute Gasteiger partial charge is 0.223 e. The molecule has 160 valence electrons. The number of imidazole rings is 1. The van der Waals surface area contributed by atoms with Gasteiger partial charge in [0.2, 0.25) is 5.95 Å². The lowest BCUT2D eigenvalue weighted by atomic mass is 10.1. The van der Waals surface area contributed by atoms with Gasteiger partial charge in [-0.1, -0.05) is 12.8 Å². The number of nitrogens with zero attached hydrogens (tertiary/aromatic N) is 4. The predicted octanol–water partition coefficient (Wildman–Crippen LogP) is 3.99. The van der Waals surface area contributed by atoms with E-state index in [0.717, 1.165) is 26.6 Å². The van der Waals surface area contributed by atoms with Crippen LogP contribution in [0.5, 0.6) is 0 Å². The van der Waals surface area contributed by atoms with Crippen molar-refractivity contribution in [2.75, 3.05) is 18.5 Å². The minimum atomic E-state index is -0.639. The summed E-state index contributed by atoms with van der Waals surface area (Å²) in [5.41, 5.74) is 2.17. The van der Waals surface area contributed by atoms with Gasteiger partial charge < -0.3 is 19.7 Å². The third kappa shape index (κ3) is 3.38. The lowest BCUT2D eigenvalue weighted by Crippen LogP contribution is -2.42. The number of fused-ring (bicyclic) bond motifs is 1. The summed E-state index contributed by atoms with van der Waals surface area (Å²) in [4.78, 5) is 15.3. The molecule has 2 fully saturated rings. The number of aliphatic hydroxyl groups excluding tert-OH is 1. The van der Waals surface area contributed by atoms with Crippen LogP contribution in [0.4, 0.5) is 10.3 Å². The fraction of sp³-hybridized carbons (Fsp3) is 0.571. The molecule has 0 amide bonds. The Labute approximate surface area is 178 Å². The number of thiophene rings is 1. The lowest BCUT2D eigenvalue weighted by Gasteiger charge is -2.28. The van der Waals surface area contributed by atoms with Crippen molar-refractivity contribution in [3.05, 3.63) is 23.4 Å². The second-order valence-corrected chi connectivity index (χ2v) is 9.25. The minimum absolute atomic E-state index is 0.211. The van der Waals surface area contributed by atoms with Crippen molar-refractivity contribution in [2.24, 2.45) is 0 Å². The monoisotopic (exact) mass is 431 g/mol. The van der Waals surface area contributed by atoms with E-state index in [0.29, 0.717) is 25.0 Å². The summed E-state index contributed by atoms with van der Waals surface area (Å²) in [5, 5.41) is 13.3. The van der Waals surface area contributed by atoms with Gasteiger partial charge in [-0.3, -0.25) is 0 Å². The predicted molar refractivity (Wildman–Crippen MR) is 114 cm³/mol. The molecule has 1 saturated heterocycles. The molecule has 0 unspecified atom stereocenters. The molecule has 9 heteroatoms. The number of hydrogen-bond acceptors (Lipinski definition) is 7. The molecule has 0 spiro atoms. The second kappa shape index (κ2) is 7.86. The Morgan fingerprint density at radius 3 is 2.80 bits per heavy atom. The van der Waals surface area contributed by atoms with Crippen molar-refractivity contribution >= 4 is 27.6 Å². The van der Waals surface area contributed by atoms with Gasteiger partial charge in [-0.2, -0.15) is 0 Å². The van der Waals surface area contributed by atoms with Gasteiger partial charge in [0.25, 0.3) is 0 Å². The van der Waals surface area contributed by atoms with Crippen LogP contribution < -0.4 is 5.32 Å². The highest BCUT2D eigenvalue weighted by Gasteiger charge is 2.27. The first-order valence-electron chi connectivity index (χ1n) is 10.6. The van der Waals surface area contributed by atoms with Crippen LogP contribution in [0.1, 0.15) is 49.5 Å². The Bertz CT molecular complexity index is 1080. The normalized spacial score (nSPS) is 22.8. The Hall–Kier alpha value is -2.10. The van der Waals surface area contributed by atoms with E-state index in [1.54, 1.807) is 11.3 Å². The lowest BCUT2D eigenvalue weighted by molar-refractivity contribution is -0.0136. The van der Waals surface area contributed by atoms with Gasteiger partial charge >= 0.3 is 0 Å². The maximum absolute atomic E-state index is 14.8. The standard InChI is InChI=1S/C21H26FN5O2S/c1-11-17-20(27(12(2)24-17)13-5-3-4-6-13)30-19(11)18-14(22)9-23-21(26-18)25-15-7-8-29-10-16(15)28/h9,13,15-16,28H,3-8,10H2,1-2H3,(H,23,25,26)/t15-,16-/m1/s1. The number of anilines is 1. The number of rotatable bonds is 4. The molecular weight excluding hydrogens is 405 g/mol. The zero-order valence-corrected chi connectivity index (χ0v) is 18.0. The first kappa shape index (κ1) is 19.8. The van der Waals surface area contributed by atoms with Crippen LogP contribution in [0.3, 0.4) is 0 Å². The molecule has 4 heterocycles. The zero-order valence-electron chi connectivity index (χ0n) is 17.2. The molecule has 7 nitrogen and oxygen atoms in total. The van der Waals surface area contributed by atoms with Gasteiger partial charge in [-0.05, 0) is 38.7 Å². The summed E-state index contributed by atoms with van der Waals surface area (Å²) in [5.74, 6) is 0.888. The first-order chi connectivity index (χ1) is 14.5. The number of ether oxygens (including phenoxy) is 1. The Morgan fingerprint density at radius 1 is 1.23 bits per heavy atom. The average molecular weight is 432 g/mol. The molecular formula is C21H26FN5O2S. The molecule has 1 aliphatic heterocycles. The Kier molecular flexibility index (Phi) is 5.20. The number of halogens is 1. The highest BCUT2D eigenvalue weighted by molar-refractivity contribution is 7.22. The SMILES string of the molecule is Cc1c(-c2nc(N[C@@H]3CCOC[C@H]3O)ncc2F)sc2c1nc(C)n2C1CCCC1. The van der Waals surface area contributed by atoms with Gasteiger partial charge in [0.15, 0.2) is 5.82 Å². The van der Waals surface area contributed by atoms with Crippen molar-refractivity contribution in [3.63, 3.8) is 0 Å². The van der Waals surface area contributed by atoms with Gasteiger partial charge in [0.05, 0.1) is 29.8 Å². The van der Waals surface area contributed by atoms with E-state index in [1.807, 2.05) is 6.92 Å². The summed E-state index contributed by atoms with van der Waals surface area (Å²) in [7, 11) is 0. The molecule has 3 aromatic heterocycles. The number of nitrogens with one attached hydrogen (secondary N) is 1. The molecule has 1 saturated carbocycles. The third-order valence-electron chi connectivity index (χ3n) is 6.23. The van der Waals surface area contributed by atoms with E-state index in [4.69, 9.17) is 9.72 Å². The Balaban J connectivity index is 1.52. The van der Waals surface area contributed by atoms with Crippen LogP contribution in [-0.4, -0.2) is 50.0 Å². The molecule has 3 aromatic rings. The summed E-state index contributed by atoms with van der Waals surface area (Å²) >= 11 is 1.55. The van der Waals surface area contributed by atoms with Crippen LogP contribution >= 0.6 is 11.3 Å².